The molecule has 1 aliphatic carbocycles. The number of hydrogen-bond acceptors (Lipinski definition) is 6. The zero-order valence-electron chi connectivity index (χ0n) is 18.9. The van der Waals surface area contributed by atoms with E-state index in [-0.39, 0.29) is 12.4 Å². The monoisotopic (exact) mass is 445 g/mol. The molecule has 0 saturated carbocycles. The Bertz CT molecular complexity index is 1130. The molecule has 0 aromatic heterocycles. The van der Waals surface area contributed by atoms with Gasteiger partial charge in [0.1, 0.15) is 5.75 Å². The molecule has 2 aromatic rings. The number of ether oxygens (including phenoxy) is 2. The highest BCUT2D eigenvalue weighted by Gasteiger charge is 2.39. The molecule has 1 atom stereocenters. The number of rotatable bonds is 6. The summed E-state index contributed by atoms with van der Waals surface area (Å²) in [5.41, 5.74) is 4.51. The third kappa shape index (κ3) is 5.06. The van der Waals surface area contributed by atoms with Crippen molar-refractivity contribution in [2.24, 2.45) is 0 Å². The van der Waals surface area contributed by atoms with E-state index in [9.17, 15) is 14.4 Å². The summed E-state index contributed by atoms with van der Waals surface area (Å²) < 4.78 is 10.8. The molecule has 0 saturated heterocycles. The van der Waals surface area contributed by atoms with Crippen molar-refractivity contribution in [1.29, 1.82) is 0 Å². The van der Waals surface area contributed by atoms with Crippen molar-refractivity contribution in [2.45, 2.75) is 45.4 Å². The van der Waals surface area contributed by atoms with Gasteiger partial charge in [0.05, 0.1) is 12.2 Å². The molecule has 1 N–H and O–H groups in total. The van der Waals surface area contributed by atoms with Crippen LogP contribution in [0.2, 0.25) is 0 Å². The molecule has 1 aliphatic heterocycles. The fraction of sp³-hybridized carbons (Fsp3) is 0.296. The number of esters is 2. The van der Waals surface area contributed by atoms with Crippen LogP contribution in [-0.2, 0) is 25.5 Å². The second-order valence-corrected chi connectivity index (χ2v) is 8.30. The number of allylic oxidation sites excluding steroid dienone is 3. The summed E-state index contributed by atoms with van der Waals surface area (Å²) in [6.45, 7) is 3.43. The Morgan fingerprint density at radius 3 is 2.45 bits per heavy atom. The molecule has 33 heavy (non-hydrogen) atoms. The first-order valence-corrected chi connectivity index (χ1v) is 11.2. The molecule has 0 spiro atoms. The SMILES string of the molecule is CC(=O)Oc1ccc(C2C(C(=O)OCCc3ccccc3)=C(C)NC3=C2C(=O)CCC3)cc1. The van der Waals surface area contributed by atoms with Crippen LogP contribution in [0.25, 0.3) is 0 Å². The number of carbonyl (C=O) groups is 3. The van der Waals surface area contributed by atoms with E-state index >= 15 is 0 Å². The third-order valence-electron chi connectivity index (χ3n) is 5.94. The maximum absolute atomic E-state index is 13.3. The van der Waals surface area contributed by atoms with Crippen LogP contribution in [0.15, 0.2) is 77.1 Å². The zero-order chi connectivity index (χ0) is 23.4. The van der Waals surface area contributed by atoms with Gasteiger partial charge in [-0.1, -0.05) is 42.5 Å². The first-order valence-electron chi connectivity index (χ1n) is 11.2. The Morgan fingerprint density at radius 1 is 1.03 bits per heavy atom. The first-order chi connectivity index (χ1) is 15.9. The molecule has 6 nitrogen and oxygen atoms in total. The number of ketones is 1. The van der Waals surface area contributed by atoms with E-state index in [0.29, 0.717) is 35.4 Å². The van der Waals surface area contributed by atoms with Crippen molar-refractivity contribution in [3.63, 3.8) is 0 Å². The van der Waals surface area contributed by atoms with E-state index in [1.54, 1.807) is 24.3 Å². The lowest BCUT2D eigenvalue weighted by Crippen LogP contribution is -2.34. The molecule has 0 fully saturated rings. The third-order valence-corrected chi connectivity index (χ3v) is 5.94. The highest BCUT2D eigenvalue weighted by molar-refractivity contribution is 6.03. The molecule has 0 radical (unpaired) electrons. The fourth-order valence-electron chi connectivity index (χ4n) is 4.47. The predicted octanol–water partition coefficient (Wildman–Crippen LogP) is 4.37. The molecule has 6 heteroatoms. The van der Waals surface area contributed by atoms with Crippen LogP contribution in [0.3, 0.4) is 0 Å². The van der Waals surface area contributed by atoms with Crippen LogP contribution >= 0.6 is 0 Å². The van der Waals surface area contributed by atoms with Crippen molar-refractivity contribution in [3.8, 4) is 5.75 Å². The summed E-state index contributed by atoms with van der Waals surface area (Å²) in [4.78, 5) is 37.5. The van der Waals surface area contributed by atoms with Gasteiger partial charge in [-0.2, -0.15) is 0 Å². The molecule has 1 unspecified atom stereocenters. The average molecular weight is 446 g/mol. The van der Waals surface area contributed by atoms with Crippen LogP contribution in [0.5, 0.6) is 5.75 Å². The fourth-order valence-corrected chi connectivity index (χ4v) is 4.47. The second-order valence-electron chi connectivity index (χ2n) is 8.30. The Kier molecular flexibility index (Phi) is 6.73. The second kappa shape index (κ2) is 9.86. The van der Waals surface area contributed by atoms with Gasteiger partial charge in [-0.15, -0.1) is 0 Å². The lowest BCUT2D eigenvalue weighted by Gasteiger charge is -2.34. The number of hydrogen-bond donors (Lipinski definition) is 1. The largest absolute Gasteiger partial charge is 0.462 e. The van der Waals surface area contributed by atoms with Crippen molar-refractivity contribution in [2.75, 3.05) is 6.61 Å². The van der Waals surface area contributed by atoms with Gasteiger partial charge in [-0.25, -0.2) is 4.79 Å². The van der Waals surface area contributed by atoms with Gasteiger partial charge >= 0.3 is 11.9 Å². The van der Waals surface area contributed by atoms with Crippen LogP contribution in [0, 0.1) is 0 Å². The topological polar surface area (TPSA) is 81.7 Å². The number of dihydropyridines is 1. The Labute approximate surface area is 193 Å². The van der Waals surface area contributed by atoms with Crippen molar-refractivity contribution < 1.29 is 23.9 Å². The van der Waals surface area contributed by atoms with Crippen LogP contribution in [-0.4, -0.2) is 24.3 Å². The molecule has 0 amide bonds. The van der Waals surface area contributed by atoms with Gasteiger partial charge in [0, 0.05) is 42.7 Å². The summed E-state index contributed by atoms with van der Waals surface area (Å²) in [6, 6.07) is 16.8. The number of benzene rings is 2. The summed E-state index contributed by atoms with van der Waals surface area (Å²) in [7, 11) is 0. The van der Waals surface area contributed by atoms with Gasteiger partial charge in [0.15, 0.2) is 5.78 Å². The summed E-state index contributed by atoms with van der Waals surface area (Å²) in [5, 5.41) is 3.29. The summed E-state index contributed by atoms with van der Waals surface area (Å²) in [6.07, 6.45) is 2.61. The molecule has 2 aliphatic rings. The number of Topliss-reactive ketones (excluding diaryl/α,β-unsaturated/α-hetero) is 1. The Balaban J connectivity index is 1.62. The molecular formula is C27H27NO5. The van der Waals surface area contributed by atoms with Crippen LogP contribution < -0.4 is 10.1 Å². The van der Waals surface area contributed by atoms with E-state index in [4.69, 9.17) is 9.47 Å². The van der Waals surface area contributed by atoms with E-state index in [2.05, 4.69) is 5.32 Å². The predicted molar refractivity (Wildman–Crippen MR) is 123 cm³/mol. The average Bonchev–Trinajstić information content (AvgIpc) is 2.79. The van der Waals surface area contributed by atoms with E-state index in [1.807, 2.05) is 37.3 Å². The molecule has 1 heterocycles. The van der Waals surface area contributed by atoms with E-state index in [0.717, 1.165) is 29.7 Å². The smallest absolute Gasteiger partial charge is 0.336 e. The zero-order valence-corrected chi connectivity index (χ0v) is 18.9. The van der Waals surface area contributed by atoms with Gasteiger partial charge in [0.25, 0.3) is 0 Å². The lowest BCUT2D eigenvalue weighted by atomic mass is 9.75. The Hall–Kier alpha value is -3.67. The number of nitrogens with one attached hydrogen (secondary N) is 1. The van der Waals surface area contributed by atoms with Crippen molar-refractivity contribution >= 4 is 17.7 Å². The van der Waals surface area contributed by atoms with Gasteiger partial charge in [-0.05, 0) is 43.0 Å². The van der Waals surface area contributed by atoms with Gasteiger partial charge < -0.3 is 14.8 Å². The maximum atomic E-state index is 13.3. The van der Waals surface area contributed by atoms with Crippen LogP contribution in [0.4, 0.5) is 0 Å². The maximum Gasteiger partial charge on any atom is 0.336 e. The highest BCUT2D eigenvalue weighted by Crippen LogP contribution is 2.42. The normalized spacial score (nSPS) is 17.9. The standard InChI is InChI=1S/C27H27NO5/c1-17-24(27(31)32-16-15-19-7-4-3-5-8-19)25(26-22(28-17)9-6-10-23(26)30)20-11-13-21(14-12-20)33-18(2)29/h3-5,7-8,11-14,25,28H,6,9-10,15-16H2,1-2H3. The quantitative estimate of drug-likeness (QED) is 0.525. The molecular weight excluding hydrogens is 418 g/mol. The molecule has 4 rings (SSSR count). The van der Waals surface area contributed by atoms with Gasteiger partial charge in [0.2, 0.25) is 0 Å². The minimum atomic E-state index is -0.523. The molecule has 2 aromatic carbocycles. The number of carbonyl (C=O) groups excluding carboxylic acids is 3. The van der Waals surface area contributed by atoms with Crippen LogP contribution in [0.1, 0.15) is 50.2 Å². The lowest BCUT2D eigenvalue weighted by molar-refractivity contribution is -0.139. The minimum Gasteiger partial charge on any atom is -0.462 e. The highest BCUT2D eigenvalue weighted by atomic mass is 16.5. The van der Waals surface area contributed by atoms with Crippen molar-refractivity contribution in [3.05, 3.63) is 88.3 Å². The van der Waals surface area contributed by atoms with E-state index < -0.39 is 17.9 Å². The molecule has 170 valence electrons. The van der Waals surface area contributed by atoms with Gasteiger partial charge in [-0.3, -0.25) is 9.59 Å². The molecule has 0 bridgehead atoms. The van der Waals surface area contributed by atoms with Crippen molar-refractivity contribution in [1.82, 2.24) is 5.32 Å². The first kappa shape index (κ1) is 22.5. The van der Waals surface area contributed by atoms with E-state index in [1.165, 1.54) is 6.92 Å². The Morgan fingerprint density at radius 2 is 1.76 bits per heavy atom. The minimum absolute atomic E-state index is 0.0416. The summed E-state index contributed by atoms with van der Waals surface area (Å²) in [5.74, 6) is -0.910. The summed E-state index contributed by atoms with van der Waals surface area (Å²) >= 11 is 0.